The highest BCUT2D eigenvalue weighted by molar-refractivity contribution is 4.90. The summed E-state index contributed by atoms with van der Waals surface area (Å²) in [6, 6.07) is 1.66. The second kappa shape index (κ2) is 5.92. The lowest BCUT2D eigenvalue weighted by atomic mass is 9.91. The average molecular weight is 250 g/mol. The quantitative estimate of drug-likeness (QED) is 0.807. The van der Waals surface area contributed by atoms with E-state index < -0.39 is 0 Å². The predicted molar refractivity (Wildman–Crippen MR) is 76.7 cm³/mol. The van der Waals surface area contributed by atoms with E-state index in [0.717, 1.165) is 23.9 Å². The molecule has 2 heteroatoms. The van der Waals surface area contributed by atoms with Crippen molar-refractivity contribution < 1.29 is 0 Å². The van der Waals surface area contributed by atoms with E-state index in [1.165, 1.54) is 71.0 Å². The summed E-state index contributed by atoms with van der Waals surface area (Å²) in [5, 5.41) is 3.87. The molecule has 1 saturated heterocycles. The Bertz CT molecular complexity index is 256. The summed E-state index contributed by atoms with van der Waals surface area (Å²) >= 11 is 0. The lowest BCUT2D eigenvalue weighted by molar-refractivity contribution is 0.120. The van der Waals surface area contributed by atoms with E-state index in [9.17, 15) is 0 Å². The molecule has 2 aliphatic carbocycles. The van der Waals surface area contributed by atoms with E-state index in [2.05, 4.69) is 17.1 Å². The molecule has 0 amide bonds. The Balaban J connectivity index is 1.51. The molecule has 0 aromatic heterocycles. The SMILES string of the molecule is CCC1CC(NC2CC2)CN(CC2CCCC2)C1. The van der Waals surface area contributed by atoms with Crippen LogP contribution in [0.25, 0.3) is 0 Å². The molecule has 2 unspecified atom stereocenters. The number of likely N-dealkylation sites (tertiary alicyclic amines) is 1. The van der Waals surface area contributed by atoms with E-state index in [4.69, 9.17) is 0 Å². The van der Waals surface area contributed by atoms with Crippen molar-refractivity contribution in [3.8, 4) is 0 Å². The third kappa shape index (κ3) is 3.48. The van der Waals surface area contributed by atoms with Crippen LogP contribution in [0.3, 0.4) is 0 Å². The van der Waals surface area contributed by atoms with Gasteiger partial charge in [0.15, 0.2) is 0 Å². The Kier molecular flexibility index (Phi) is 4.25. The van der Waals surface area contributed by atoms with Crippen LogP contribution in [0.1, 0.15) is 58.3 Å². The number of hydrogen-bond donors (Lipinski definition) is 1. The predicted octanol–water partition coefficient (Wildman–Crippen LogP) is 3.03. The highest BCUT2D eigenvalue weighted by Gasteiger charge is 2.31. The number of nitrogens with zero attached hydrogens (tertiary/aromatic N) is 1. The number of rotatable bonds is 5. The third-order valence-corrected chi connectivity index (χ3v) is 5.23. The van der Waals surface area contributed by atoms with E-state index in [1.807, 2.05) is 0 Å². The zero-order chi connectivity index (χ0) is 12.4. The van der Waals surface area contributed by atoms with Crippen molar-refractivity contribution in [3.63, 3.8) is 0 Å². The molecular formula is C16H30N2. The van der Waals surface area contributed by atoms with Gasteiger partial charge in [0.2, 0.25) is 0 Å². The van der Waals surface area contributed by atoms with Gasteiger partial charge in [0.1, 0.15) is 0 Å². The second-order valence-electron chi connectivity index (χ2n) is 7.02. The van der Waals surface area contributed by atoms with Crippen molar-refractivity contribution in [3.05, 3.63) is 0 Å². The van der Waals surface area contributed by atoms with Crippen molar-refractivity contribution in [1.29, 1.82) is 0 Å². The van der Waals surface area contributed by atoms with Gasteiger partial charge in [-0.05, 0) is 43.9 Å². The van der Waals surface area contributed by atoms with Crippen LogP contribution in [0.4, 0.5) is 0 Å². The van der Waals surface area contributed by atoms with Gasteiger partial charge in [0, 0.05) is 31.7 Å². The van der Waals surface area contributed by atoms with Gasteiger partial charge in [-0.1, -0.05) is 26.2 Å². The molecule has 2 nitrogen and oxygen atoms in total. The van der Waals surface area contributed by atoms with Gasteiger partial charge >= 0.3 is 0 Å². The maximum atomic E-state index is 3.87. The van der Waals surface area contributed by atoms with Gasteiger partial charge in [-0.25, -0.2) is 0 Å². The first-order valence-corrected chi connectivity index (χ1v) is 8.32. The summed E-state index contributed by atoms with van der Waals surface area (Å²) in [7, 11) is 0. The summed E-state index contributed by atoms with van der Waals surface area (Å²) in [6.07, 6.45) is 11.6. The fraction of sp³-hybridized carbons (Fsp3) is 1.00. The van der Waals surface area contributed by atoms with Crippen LogP contribution >= 0.6 is 0 Å². The second-order valence-corrected chi connectivity index (χ2v) is 7.02. The lowest BCUT2D eigenvalue weighted by Gasteiger charge is -2.39. The van der Waals surface area contributed by atoms with Crippen LogP contribution in [0, 0.1) is 11.8 Å². The van der Waals surface area contributed by atoms with Gasteiger partial charge in [-0.3, -0.25) is 0 Å². The molecule has 3 aliphatic rings. The van der Waals surface area contributed by atoms with Crippen LogP contribution in [-0.2, 0) is 0 Å². The largest absolute Gasteiger partial charge is 0.310 e. The van der Waals surface area contributed by atoms with Crippen LogP contribution in [0.2, 0.25) is 0 Å². The lowest BCUT2D eigenvalue weighted by Crippen LogP contribution is -2.50. The van der Waals surface area contributed by atoms with Crippen molar-refractivity contribution in [2.45, 2.75) is 70.4 Å². The third-order valence-electron chi connectivity index (χ3n) is 5.23. The van der Waals surface area contributed by atoms with Gasteiger partial charge in [0.05, 0.1) is 0 Å². The van der Waals surface area contributed by atoms with Gasteiger partial charge in [0.25, 0.3) is 0 Å². The first-order valence-electron chi connectivity index (χ1n) is 8.32. The molecule has 0 bridgehead atoms. The number of nitrogens with one attached hydrogen (secondary N) is 1. The summed E-state index contributed by atoms with van der Waals surface area (Å²) in [6.45, 7) is 6.45. The van der Waals surface area contributed by atoms with Crippen molar-refractivity contribution in [2.24, 2.45) is 11.8 Å². The topological polar surface area (TPSA) is 15.3 Å². The maximum Gasteiger partial charge on any atom is 0.0200 e. The normalized spacial score (nSPS) is 35.2. The number of hydrogen-bond acceptors (Lipinski definition) is 2. The van der Waals surface area contributed by atoms with Crippen molar-refractivity contribution in [1.82, 2.24) is 10.2 Å². The van der Waals surface area contributed by atoms with Gasteiger partial charge < -0.3 is 10.2 Å². The fourth-order valence-corrected chi connectivity index (χ4v) is 4.01. The fourth-order valence-electron chi connectivity index (χ4n) is 4.01. The minimum absolute atomic E-state index is 0.789. The van der Waals surface area contributed by atoms with Crippen LogP contribution < -0.4 is 5.32 Å². The molecule has 0 radical (unpaired) electrons. The first kappa shape index (κ1) is 12.9. The molecule has 1 heterocycles. The molecule has 2 saturated carbocycles. The highest BCUT2D eigenvalue weighted by Crippen LogP contribution is 2.29. The van der Waals surface area contributed by atoms with E-state index in [-0.39, 0.29) is 0 Å². The zero-order valence-corrected chi connectivity index (χ0v) is 12.0. The molecule has 2 atom stereocenters. The van der Waals surface area contributed by atoms with Crippen molar-refractivity contribution >= 4 is 0 Å². The Morgan fingerprint density at radius 2 is 1.72 bits per heavy atom. The summed E-state index contributed by atoms with van der Waals surface area (Å²) in [4.78, 5) is 2.79. The Hall–Kier alpha value is -0.0800. The molecule has 1 aliphatic heterocycles. The molecule has 0 aromatic rings. The molecular weight excluding hydrogens is 220 g/mol. The molecule has 3 rings (SSSR count). The molecule has 3 fully saturated rings. The van der Waals surface area contributed by atoms with Crippen LogP contribution in [0.5, 0.6) is 0 Å². The first-order chi connectivity index (χ1) is 8.83. The molecule has 18 heavy (non-hydrogen) atoms. The summed E-state index contributed by atoms with van der Waals surface area (Å²) < 4.78 is 0. The smallest absolute Gasteiger partial charge is 0.0200 e. The Labute approximate surface area is 113 Å². The number of piperidine rings is 1. The standard InChI is InChI=1S/C16H30N2/c1-2-13-9-16(17-15-7-8-15)12-18(10-13)11-14-5-3-4-6-14/h13-17H,2-12H2,1H3. The van der Waals surface area contributed by atoms with Crippen molar-refractivity contribution in [2.75, 3.05) is 19.6 Å². The maximum absolute atomic E-state index is 3.87. The van der Waals surface area contributed by atoms with Gasteiger partial charge in [-0.2, -0.15) is 0 Å². The monoisotopic (exact) mass is 250 g/mol. The molecule has 0 spiro atoms. The molecule has 1 N–H and O–H groups in total. The van der Waals surface area contributed by atoms with Crippen LogP contribution in [0.15, 0.2) is 0 Å². The van der Waals surface area contributed by atoms with Gasteiger partial charge in [-0.15, -0.1) is 0 Å². The molecule has 0 aromatic carbocycles. The van der Waals surface area contributed by atoms with E-state index in [0.29, 0.717) is 0 Å². The minimum atomic E-state index is 0.789. The Morgan fingerprint density at radius 1 is 0.944 bits per heavy atom. The minimum Gasteiger partial charge on any atom is -0.310 e. The zero-order valence-electron chi connectivity index (χ0n) is 12.0. The Morgan fingerprint density at radius 3 is 2.39 bits per heavy atom. The highest BCUT2D eigenvalue weighted by atomic mass is 15.2. The van der Waals surface area contributed by atoms with E-state index in [1.54, 1.807) is 0 Å². The average Bonchev–Trinajstić information content (AvgIpc) is 3.03. The van der Waals surface area contributed by atoms with Crippen LogP contribution in [-0.4, -0.2) is 36.6 Å². The molecule has 104 valence electrons. The summed E-state index contributed by atoms with van der Waals surface area (Å²) in [5.74, 6) is 1.96. The summed E-state index contributed by atoms with van der Waals surface area (Å²) in [5.41, 5.74) is 0. The van der Waals surface area contributed by atoms with E-state index >= 15 is 0 Å².